The largest absolute Gasteiger partial charge is 0.125 e. The minimum atomic E-state index is 1.28. The molecule has 0 saturated heterocycles. The fourth-order valence-electron chi connectivity index (χ4n) is 1.35. The molecular weight excluding hydrogens is 267 g/mol. The smallest absolute Gasteiger partial charge is 0.0269 e. The molecule has 0 bridgehead atoms. The fourth-order valence-corrected chi connectivity index (χ4v) is 3.42. The van der Waals surface area contributed by atoms with Gasteiger partial charge in [0.2, 0.25) is 0 Å². The quantitative estimate of drug-likeness (QED) is 0.655. The van der Waals surface area contributed by atoms with Gasteiger partial charge in [-0.25, -0.2) is 0 Å². The molecule has 2 heteroatoms. The van der Waals surface area contributed by atoms with Crippen LogP contribution in [0.25, 0.3) is 0 Å². The van der Waals surface area contributed by atoms with Crippen LogP contribution in [0, 0.1) is 3.57 Å². The molecule has 0 aliphatic carbocycles. The summed E-state index contributed by atoms with van der Waals surface area (Å²) in [5, 5.41) is 0. The molecule has 1 aromatic carbocycles. The van der Waals surface area contributed by atoms with Gasteiger partial charge in [-0.15, -0.1) is 11.8 Å². The summed E-state index contributed by atoms with van der Waals surface area (Å²) in [4.78, 5) is 1.53. The van der Waals surface area contributed by atoms with Gasteiger partial charge in [0.15, 0.2) is 0 Å². The molecule has 2 rings (SSSR count). The van der Waals surface area contributed by atoms with E-state index in [-0.39, 0.29) is 0 Å². The Labute approximate surface area is 84.9 Å². The van der Waals surface area contributed by atoms with E-state index < -0.39 is 0 Å². The second-order valence-corrected chi connectivity index (χ2v) is 4.95. The van der Waals surface area contributed by atoms with Crippen LogP contribution >= 0.6 is 34.4 Å². The summed E-state index contributed by atoms with van der Waals surface area (Å²) in [6, 6.07) is 6.61. The van der Waals surface area contributed by atoms with Gasteiger partial charge in [0.25, 0.3) is 0 Å². The van der Waals surface area contributed by atoms with Crippen LogP contribution in [-0.4, -0.2) is 5.75 Å². The number of thioether (sulfide) groups is 1. The maximum atomic E-state index is 2.42. The molecule has 0 aromatic heterocycles. The first kappa shape index (κ1) is 7.92. The third-order valence-corrected chi connectivity index (χ3v) is 4.41. The molecule has 1 aromatic rings. The monoisotopic (exact) mass is 276 g/mol. The van der Waals surface area contributed by atoms with Gasteiger partial charge in [-0.1, -0.05) is 12.1 Å². The lowest BCUT2D eigenvalue weighted by molar-refractivity contribution is 0.886. The van der Waals surface area contributed by atoms with Gasteiger partial charge in [0.1, 0.15) is 0 Å². The summed E-state index contributed by atoms with van der Waals surface area (Å²) >= 11 is 4.43. The van der Waals surface area contributed by atoms with Crippen LogP contribution in [0.1, 0.15) is 12.0 Å². The number of rotatable bonds is 0. The Bertz CT molecular complexity index is 270. The summed E-state index contributed by atoms with van der Waals surface area (Å²) in [5.74, 6) is 1.30. The Morgan fingerprint density at radius 3 is 3.09 bits per heavy atom. The lowest BCUT2D eigenvalue weighted by Crippen LogP contribution is -1.99. The maximum absolute atomic E-state index is 2.42. The van der Waals surface area contributed by atoms with E-state index in [0.29, 0.717) is 0 Å². The standard InChI is InChI=1S/C9H9IS/c10-8-5-1-3-7-4-2-6-11-9(7)8/h1,3,5H,2,4,6H2. The van der Waals surface area contributed by atoms with Crippen LogP contribution < -0.4 is 0 Å². The number of hydrogen-bond acceptors (Lipinski definition) is 1. The normalized spacial score (nSPS) is 16.1. The van der Waals surface area contributed by atoms with E-state index in [1.165, 1.54) is 27.1 Å². The first-order chi connectivity index (χ1) is 5.38. The molecular formula is C9H9IS. The molecule has 0 N–H and O–H groups in total. The van der Waals surface area contributed by atoms with Crippen molar-refractivity contribution in [2.45, 2.75) is 17.7 Å². The highest BCUT2D eigenvalue weighted by Crippen LogP contribution is 2.33. The zero-order valence-corrected chi connectivity index (χ0v) is 9.11. The Morgan fingerprint density at radius 2 is 2.27 bits per heavy atom. The molecule has 0 atom stereocenters. The summed E-state index contributed by atoms with van der Waals surface area (Å²) in [7, 11) is 0. The SMILES string of the molecule is Ic1cccc2c1SCCC2. The highest BCUT2D eigenvalue weighted by atomic mass is 127. The average molecular weight is 276 g/mol. The lowest BCUT2D eigenvalue weighted by Gasteiger charge is -2.15. The average Bonchev–Trinajstić information content (AvgIpc) is 2.06. The third kappa shape index (κ3) is 1.56. The zero-order valence-electron chi connectivity index (χ0n) is 6.14. The van der Waals surface area contributed by atoms with Crippen LogP contribution in [0.5, 0.6) is 0 Å². The van der Waals surface area contributed by atoms with Crippen molar-refractivity contribution in [2.24, 2.45) is 0 Å². The second-order valence-electron chi connectivity index (χ2n) is 2.68. The highest BCUT2D eigenvalue weighted by Gasteiger charge is 2.10. The molecule has 58 valence electrons. The van der Waals surface area contributed by atoms with E-state index in [0.717, 1.165) is 0 Å². The number of halogens is 1. The Kier molecular flexibility index (Phi) is 2.42. The van der Waals surface area contributed by atoms with E-state index in [4.69, 9.17) is 0 Å². The lowest BCUT2D eigenvalue weighted by atomic mass is 10.1. The van der Waals surface area contributed by atoms with E-state index >= 15 is 0 Å². The Hall–Kier alpha value is 0.300. The van der Waals surface area contributed by atoms with Crippen LogP contribution in [0.2, 0.25) is 0 Å². The molecule has 1 aliphatic rings. The van der Waals surface area contributed by atoms with Crippen molar-refractivity contribution in [3.63, 3.8) is 0 Å². The number of fused-ring (bicyclic) bond motifs is 1. The summed E-state index contributed by atoms with van der Waals surface area (Å²) in [6.45, 7) is 0. The van der Waals surface area contributed by atoms with Gasteiger partial charge < -0.3 is 0 Å². The predicted octanol–water partition coefficient (Wildman–Crippen LogP) is 3.33. The van der Waals surface area contributed by atoms with Gasteiger partial charge in [-0.05, 0) is 52.8 Å². The summed E-state index contributed by atoms with van der Waals surface area (Å²) < 4.78 is 1.42. The summed E-state index contributed by atoms with van der Waals surface area (Å²) in [6.07, 6.45) is 2.62. The van der Waals surface area contributed by atoms with Gasteiger partial charge in [-0.2, -0.15) is 0 Å². The molecule has 11 heavy (non-hydrogen) atoms. The van der Waals surface area contributed by atoms with E-state index in [2.05, 4.69) is 40.8 Å². The molecule has 0 fully saturated rings. The number of aryl methyl sites for hydroxylation is 1. The predicted molar refractivity (Wildman–Crippen MR) is 58.2 cm³/mol. The molecule has 0 amide bonds. The Balaban J connectivity index is 2.49. The fraction of sp³-hybridized carbons (Fsp3) is 0.333. The van der Waals surface area contributed by atoms with Gasteiger partial charge in [0.05, 0.1) is 0 Å². The zero-order chi connectivity index (χ0) is 7.68. The van der Waals surface area contributed by atoms with E-state index in [1.54, 1.807) is 5.56 Å². The first-order valence-corrected chi connectivity index (χ1v) is 5.84. The van der Waals surface area contributed by atoms with Crippen LogP contribution in [0.3, 0.4) is 0 Å². The number of hydrogen-bond donors (Lipinski definition) is 0. The maximum Gasteiger partial charge on any atom is 0.0269 e. The molecule has 0 saturated carbocycles. The van der Waals surface area contributed by atoms with Gasteiger partial charge in [-0.3, -0.25) is 0 Å². The molecule has 0 spiro atoms. The molecule has 1 heterocycles. The van der Waals surface area contributed by atoms with Crippen molar-refractivity contribution < 1.29 is 0 Å². The van der Waals surface area contributed by atoms with Gasteiger partial charge >= 0.3 is 0 Å². The van der Waals surface area contributed by atoms with Crippen LogP contribution in [-0.2, 0) is 6.42 Å². The molecule has 0 nitrogen and oxygen atoms in total. The number of benzene rings is 1. The van der Waals surface area contributed by atoms with Crippen molar-refractivity contribution in [1.29, 1.82) is 0 Å². The van der Waals surface area contributed by atoms with Gasteiger partial charge in [0, 0.05) is 8.47 Å². The molecule has 1 aliphatic heterocycles. The second kappa shape index (κ2) is 3.35. The summed E-state index contributed by atoms with van der Waals surface area (Å²) in [5.41, 5.74) is 1.55. The first-order valence-electron chi connectivity index (χ1n) is 3.78. The van der Waals surface area contributed by atoms with Crippen molar-refractivity contribution in [3.05, 3.63) is 27.3 Å². The highest BCUT2D eigenvalue weighted by molar-refractivity contribution is 14.1. The third-order valence-electron chi connectivity index (χ3n) is 1.89. The molecule has 0 radical (unpaired) electrons. The minimum absolute atomic E-state index is 1.28. The topological polar surface area (TPSA) is 0 Å². The van der Waals surface area contributed by atoms with E-state index in [9.17, 15) is 0 Å². The minimum Gasteiger partial charge on any atom is -0.125 e. The van der Waals surface area contributed by atoms with Crippen LogP contribution in [0.15, 0.2) is 23.1 Å². The Morgan fingerprint density at radius 1 is 1.36 bits per heavy atom. The van der Waals surface area contributed by atoms with Crippen molar-refractivity contribution in [1.82, 2.24) is 0 Å². The van der Waals surface area contributed by atoms with Crippen molar-refractivity contribution >= 4 is 34.4 Å². The van der Waals surface area contributed by atoms with E-state index in [1.807, 2.05) is 11.8 Å². The van der Waals surface area contributed by atoms with Crippen LogP contribution in [0.4, 0.5) is 0 Å². The van der Waals surface area contributed by atoms with Crippen molar-refractivity contribution in [2.75, 3.05) is 5.75 Å². The molecule has 0 unspecified atom stereocenters. The van der Waals surface area contributed by atoms with Crippen molar-refractivity contribution in [3.8, 4) is 0 Å².